The predicted molar refractivity (Wildman–Crippen MR) is 66.9 cm³/mol. The molecule has 3 unspecified atom stereocenters. The van der Waals surface area contributed by atoms with E-state index in [0.29, 0.717) is 35.9 Å². The summed E-state index contributed by atoms with van der Waals surface area (Å²) in [6.07, 6.45) is 0.609. The van der Waals surface area contributed by atoms with Crippen LogP contribution in [0.3, 0.4) is 0 Å². The molecule has 3 nitrogen and oxygen atoms in total. The molecule has 2 rings (SSSR count). The Morgan fingerprint density at radius 1 is 1.38 bits per heavy atom. The molecule has 0 aromatic carbocycles. The van der Waals surface area contributed by atoms with Crippen molar-refractivity contribution >= 4 is 17.5 Å². The van der Waals surface area contributed by atoms with Crippen LogP contribution in [0.25, 0.3) is 0 Å². The van der Waals surface area contributed by atoms with Crippen LogP contribution in [0, 0.1) is 5.92 Å². The summed E-state index contributed by atoms with van der Waals surface area (Å²) in [5.41, 5.74) is 0. The zero-order valence-electron chi connectivity index (χ0n) is 10.1. The molecule has 0 amide bonds. The summed E-state index contributed by atoms with van der Waals surface area (Å²) >= 11 is 2.05. The molecular formula is C12H21NO2S. The molecule has 2 aliphatic rings. The quantitative estimate of drug-likeness (QED) is 0.733. The SMILES string of the molecule is CC1CN(CC2COCCC2=O)CC(C)S1. The first-order valence-corrected chi connectivity index (χ1v) is 7.07. The van der Waals surface area contributed by atoms with Crippen LogP contribution in [0.4, 0.5) is 0 Å². The minimum absolute atomic E-state index is 0.122. The highest BCUT2D eigenvalue weighted by atomic mass is 32.2. The average Bonchev–Trinajstić information content (AvgIpc) is 2.20. The van der Waals surface area contributed by atoms with Gasteiger partial charge in [-0.2, -0.15) is 11.8 Å². The summed E-state index contributed by atoms with van der Waals surface area (Å²) in [5, 5.41) is 1.37. The number of rotatable bonds is 2. The molecule has 0 spiro atoms. The van der Waals surface area contributed by atoms with E-state index in [1.165, 1.54) is 0 Å². The van der Waals surface area contributed by atoms with Crippen molar-refractivity contribution in [2.45, 2.75) is 30.8 Å². The van der Waals surface area contributed by atoms with Crippen LogP contribution in [0.2, 0.25) is 0 Å². The summed E-state index contributed by atoms with van der Waals surface area (Å²) in [7, 11) is 0. The Bertz CT molecular complexity index is 249. The molecule has 16 heavy (non-hydrogen) atoms. The van der Waals surface area contributed by atoms with Crippen molar-refractivity contribution in [3.63, 3.8) is 0 Å². The molecule has 0 radical (unpaired) electrons. The molecule has 3 atom stereocenters. The first kappa shape index (κ1) is 12.4. The molecule has 0 aliphatic carbocycles. The number of ketones is 1. The van der Waals surface area contributed by atoms with Gasteiger partial charge in [0.2, 0.25) is 0 Å². The standard InChI is InChI=1S/C12H21NO2S/c1-9-5-13(6-10(2)16-9)7-11-8-15-4-3-12(11)14/h9-11H,3-8H2,1-2H3. The van der Waals surface area contributed by atoms with E-state index in [4.69, 9.17) is 4.74 Å². The lowest BCUT2D eigenvalue weighted by Gasteiger charge is -2.36. The van der Waals surface area contributed by atoms with Crippen LogP contribution >= 0.6 is 11.8 Å². The molecular weight excluding hydrogens is 222 g/mol. The fourth-order valence-corrected chi connectivity index (χ4v) is 3.98. The smallest absolute Gasteiger partial charge is 0.141 e. The van der Waals surface area contributed by atoms with E-state index in [2.05, 4.69) is 18.7 Å². The van der Waals surface area contributed by atoms with Gasteiger partial charge < -0.3 is 9.64 Å². The minimum atomic E-state index is 0.122. The summed E-state index contributed by atoms with van der Waals surface area (Å²) in [4.78, 5) is 14.2. The lowest BCUT2D eigenvalue weighted by molar-refractivity contribution is -0.131. The molecule has 0 aromatic heterocycles. The summed E-state index contributed by atoms with van der Waals surface area (Å²) in [6.45, 7) is 8.91. The Morgan fingerprint density at radius 2 is 2.06 bits per heavy atom. The highest BCUT2D eigenvalue weighted by Crippen LogP contribution is 2.25. The fourth-order valence-electron chi connectivity index (χ4n) is 2.60. The molecule has 92 valence electrons. The van der Waals surface area contributed by atoms with E-state index in [9.17, 15) is 4.79 Å². The third-order valence-electron chi connectivity index (χ3n) is 3.24. The van der Waals surface area contributed by atoms with E-state index < -0.39 is 0 Å². The zero-order valence-corrected chi connectivity index (χ0v) is 11.0. The summed E-state index contributed by atoms with van der Waals surface area (Å²) < 4.78 is 5.40. The summed E-state index contributed by atoms with van der Waals surface area (Å²) in [5.74, 6) is 0.515. The second-order valence-electron chi connectivity index (χ2n) is 4.96. The van der Waals surface area contributed by atoms with Gasteiger partial charge in [-0.05, 0) is 0 Å². The first-order chi connectivity index (χ1) is 7.65. The average molecular weight is 243 g/mol. The van der Waals surface area contributed by atoms with Crippen molar-refractivity contribution in [1.29, 1.82) is 0 Å². The monoisotopic (exact) mass is 243 g/mol. The van der Waals surface area contributed by atoms with Crippen LogP contribution in [0.15, 0.2) is 0 Å². The maximum Gasteiger partial charge on any atom is 0.141 e. The predicted octanol–water partition coefficient (Wildman–Crippen LogP) is 1.42. The van der Waals surface area contributed by atoms with E-state index in [1.54, 1.807) is 0 Å². The molecule has 4 heteroatoms. The van der Waals surface area contributed by atoms with Crippen molar-refractivity contribution in [3.05, 3.63) is 0 Å². The van der Waals surface area contributed by atoms with Crippen LogP contribution in [0.1, 0.15) is 20.3 Å². The third-order valence-corrected chi connectivity index (χ3v) is 4.47. The molecule has 0 saturated carbocycles. The van der Waals surface area contributed by atoms with Crippen molar-refractivity contribution in [1.82, 2.24) is 4.90 Å². The molecule has 0 aromatic rings. The maximum atomic E-state index is 11.7. The molecule has 0 N–H and O–H groups in total. The maximum absolute atomic E-state index is 11.7. The largest absolute Gasteiger partial charge is 0.380 e. The van der Waals surface area contributed by atoms with E-state index in [-0.39, 0.29) is 5.92 Å². The first-order valence-electron chi connectivity index (χ1n) is 6.13. The number of Topliss-reactive ketones (excluding diaryl/α,β-unsaturated/α-hetero) is 1. The second-order valence-corrected chi connectivity index (χ2v) is 6.85. The third kappa shape index (κ3) is 3.22. The lowest BCUT2D eigenvalue weighted by Crippen LogP contribution is -2.46. The van der Waals surface area contributed by atoms with Crippen molar-refractivity contribution in [2.24, 2.45) is 5.92 Å². The van der Waals surface area contributed by atoms with Gasteiger partial charge >= 0.3 is 0 Å². The molecule has 2 saturated heterocycles. The number of hydrogen-bond donors (Lipinski definition) is 0. The second kappa shape index (κ2) is 5.52. The van der Waals surface area contributed by atoms with E-state index in [0.717, 1.165) is 19.6 Å². The van der Waals surface area contributed by atoms with Gasteiger partial charge in [0.25, 0.3) is 0 Å². The lowest BCUT2D eigenvalue weighted by atomic mass is 10.00. The Labute approximate surface area is 102 Å². The van der Waals surface area contributed by atoms with Crippen LogP contribution < -0.4 is 0 Å². The highest BCUT2D eigenvalue weighted by Gasteiger charge is 2.28. The van der Waals surface area contributed by atoms with Gasteiger partial charge in [-0.25, -0.2) is 0 Å². The number of ether oxygens (including phenoxy) is 1. The Morgan fingerprint density at radius 3 is 2.69 bits per heavy atom. The zero-order chi connectivity index (χ0) is 11.5. The van der Waals surface area contributed by atoms with Crippen molar-refractivity contribution < 1.29 is 9.53 Å². The summed E-state index contributed by atoms with van der Waals surface area (Å²) in [6, 6.07) is 0. The Balaban J connectivity index is 1.85. The Hall–Kier alpha value is -0.0600. The Kier molecular flexibility index (Phi) is 4.27. The van der Waals surface area contributed by atoms with Gasteiger partial charge in [0.1, 0.15) is 5.78 Å². The molecule has 2 fully saturated rings. The number of hydrogen-bond acceptors (Lipinski definition) is 4. The molecule has 2 aliphatic heterocycles. The van der Waals surface area contributed by atoms with Gasteiger partial charge in [0.15, 0.2) is 0 Å². The van der Waals surface area contributed by atoms with Crippen LogP contribution in [-0.2, 0) is 9.53 Å². The topological polar surface area (TPSA) is 29.5 Å². The van der Waals surface area contributed by atoms with Gasteiger partial charge in [0, 0.05) is 36.6 Å². The number of carbonyl (C=O) groups excluding carboxylic acids is 1. The van der Waals surface area contributed by atoms with Gasteiger partial charge in [-0.1, -0.05) is 13.8 Å². The normalized spacial score (nSPS) is 37.6. The molecule has 0 bridgehead atoms. The van der Waals surface area contributed by atoms with E-state index >= 15 is 0 Å². The fraction of sp³-hybridized carbons (Fsp3) is 0.917. The van der Waals surface area contributed by atoms with Crippen molar-refractivity contribution in [3.8, 4) is 0 Å². The van der Waals surface area contributed by atoms with E-state index in [1.807, 2.05) is 11.8 Å². The minimum Gasteiger partial charge on any atom is -0.380 e. The number of nitrogens with zero attached hydrogens (tertiary/aromatic N) is 1. The van der Waals surface area contributed by atoms with Gasteiger partial charge in [0.05, 0.1) is 19.1 Å². The van der Waals surface area contributed by atoms with Gasteiger partial charge in [-0.15, -0.1) is 0 Å². The highest BCUT2D eigenvalue weighted by molar-refractivity contribution is 8.00. The molecule has 2 heterocycles. The van der Waals surface area contributed by atoms with Crippen LogP contribution in [-0.4, -0.2) is 54.0 Å². The van der Waals surface area contributed by atoms with Crippen molar-refractivity contribution in [2.75, 3.05) is 32.8 Å². The van der Waals surface area contributed by atoms with Crippen LogP contribution in [0.5, 0.6) is 0 Å². The van der Waals surface area contributed by atoms with Gasteiger partial charge in [-0.3, -0.25) is 4.79 Å². The number of carbonyl (C=O) groups is 1. The number of thioether (sulfide) groups is 1.